The number of hydrogen-bond donors (Lipinski definition) is 1. The first-order valence-corrected chi connectivity index (χ1v) is 12.7. The van der Waals surface area contributed by atoms with Crippen molar-refractivity contribution in [2.75, 3.05) is 39.3 Å². The number of rotatable bonds is 8. The van der Waals surface area contributed by atoms with Crippen LogP contribution in [0.2, 0.25) is 0 Å². The first-order valence-electron chi connectivity index (χ1n) is 11.9. The molecule has 0 spiro atoms. The van der Waals surface area contributed by atoms with E-state index >= 15 is 0 Å². The number of benzene rings is 2. The number of piperazine rings is 1. The van der Waals surface area contributed by atoms with Crippen LogP contribution in [0.25, 0.3) is 21.7 Å². The third-order valence-corrected chi connectivity index (χ3v) is 7.09. The Hall–Kier alpha value is -3.06. The second kappa shape index (κ2) is 10.7. The molecule has 0 amide bonds. The van der Waals surface area contributed by atoms with Gasteiger partial charge in [-0.25, -0.2) is 4.98 Å². The SMILES string of the molecule is Cc1nc2cc(OC[C@H](O)CN3CCN(Cc4noc(-c5ccc(C(F)(F)F)cc5)n4)CC3)ccc2s1. The fourth-order valence-corrected chi connectivity index (χ4v) is 5.03. The second-order valence-corrected chi connectivity index (χ2v) is 10.2. The molecule has 0 bridgehead atoms. The van der Waals surface area contributed by atoms with E-state index in [1.807, 2.05) is 25.1 Å². The molecule has 2 aromatic carbocycles. The number of fused-ring (bicyclic) bond motifs is 1. The summed E-state index contributed by atoms with van der Waals surface area (Å²) < 4.78 is 50.4. The molecule has 0 unspecified atom stereocenters. The summed E-state index contributed by atoms with van der Waals surface area (Å²) >= 11 is 1.64. The molecular formula is C25H26F3N5O3S. The summed E-state index contributed by atoms with van der Waals surface area (Å²) in [5.74, 6) is 1.36. The molecule has 0 radical (unpaired) electrons. The molecular weight excluding hydrogens is 507 g/mol. The van der Waals surface area contributed by atoms with Crippen molar-refractivity contribution in [1.82, 2.24) is 24.9 Å². The summed E-state index contributed by atoms with van der Waals surface area (Å²) in [6.07, 6.45) is -5.01. The number of aliphatic hydroxyl groups is 1. The Balaban J connectivity index is 1.06. The molecule has 1 aliphatic heterocycles. The Morgan fingerprint density at radius 2 is 1.78 bits per heavy atom. The van der Waals surface area contributed by atoms with E-state index in [2.05, 4.69) is 24.9 Å². The maximum atomic E-state index is 12.8. The summed E-state index contributed by atoms with van der Waals surface area (Å²) in [6.45, 7) is 6.21. The van der Waals surface area contributed by atoms with E-state index in [4.69, 9.17) is 9.26 Å². The van der Waals surface area contributed by atoms with Gasteiger partial charge in [-0.3, -0.25) is 9.80 Å². The van der Waals surface area contributed by atoms with E-state index in [1.165, 1.54) is 12.1 Å². The predicted molar refractivity (Wildman–Crippen MR) is 132 cm³/mol. The summed E-state index contributed by atoms with van der Waals surface area (Å²) in [5, 5.41) is 15.4. The van der Waals surface area contributed by atoms with E-state index in [0.29, 0.717) is 30.2 Å². The molecule has 1 N–H and O–H groups in total. The molecule has 0 saturated carbocycles. The van der Waals surface area contributed by atoms with Gasteiger partial charge < -0.3 is 14.4 Å². The number of nitrogens with zero attached hydrogens (tertiary/aromatic N) is 5. The molecule has 1 saturated heterocycles. The van der Waals surface area contributed by atoms with Crippen molar-refractivity contribution in [2.24, 2.45) is 0 Å². The standard InChI is InChI=1S/C25H26F3N5O3S/c1-16-29-21-12-20(6-7-22(21)37-16)35-15-19(34)13-32-8-10-33(11-9-32)14-23-30-24(36-31-23)17-2-4-18(5-3-17)25(26,27)28/h2-7,12,19,34H,8-11,13-15H2,1H3/t19-/m1/s1. The summed E-state index contributed by atoms with van der Waals surface area (Å²) in [4.78, 5) is 13.2. The van der Waals surface area contributed by atoms with Gasteiger partial charge in [-0.2, -0.15) is 18.2 Å². The lowest BCUT2D eigenvalue weighted by Crippen LogP contribution is -2.48. The molecule has 1 fully saturated rings. The minimum atomic E-state index is -4.39. The van der Waals surface area contributed by atoms with Crippen molar-refractivity contribution in [3.8, 4) is 17.2 Å². The van der Waals surface area contributed by atoms with Gasteiger partial charge in [-0.15, -0.1) is 11.3 Å². The van der Waals surface area contributed by atoms with E-state index < -0.39 is 17.8 Å². The average Bonchev–Trinajstić information content (AvgIpc) is 3.49. The number of ether oxygens (including phenoxy) is 1. The van der Waals surface area contributed by atoms with Crippen LogP contribution in [-0.4, -0.2) is 75.5 Å². The summed E-state index contributed by atoms with van der Waals surface area (Å²) in [7, 11) is 0. The van der Waals surface area contributed by atoms with Crippen LogP contribution in [0.1, 0.15) is 16.4 Å². The van der Waals surface area contributed by atoms with Gasteiger partial charge in [0.25, 0.3) is 5.89 Å². The van der Waals surface area contributed by atoms with Gasteiger partial charge in [0.1, 0.15) is 18.5 Å². The van der Waals surface area contributed by atoms with Crippen LogP contribution in [0.15, 0.2) is 47.0 Å². The maximum Gasteiger partial charge on any atom is 0.416 e. The Morgan fingerprint density at radius 3 is 2.51 bits per heavy atom. The van der Waals surface area contributed by atoms with Gasteiger partial charge in [-0.05, 0) is 43.3 Å². The number of aryl methyl sites for hydroxylation is 1. The van der Waals surface area contributed by atoms with Crippen molar-refractivity contribution >= 4 is 21.6 Å². The summed E-state index contributed by atoms with van der Waals surface area (Å²) in [5.41, 5.74) is 0.617. The minimum Gasteiger partial charge on any atom is -0.491 e. The number of hydrogen-bond acceptors (Lipinski definition) is 9. The Kier molecular flexibility index (Phi) is 7.43. The molecule has 2 aromatic heterocycles. The Bertz CT molecular complexity index is 1330. The predicted octanol–water partition coefficient (Wildman–Crippen LogP) is 4.23. The topological polar surface area (TPSA) is 87.8 Å². The van der Waals surface area contributed by atoms with Crippen molar-refractivity contribution in [3.63, 3.8) is 0 Å². The average molecular weight is 534 g/mol. The number of aromatic nitrogens is 3. The van der Waals surface area contributed by atoms with Crippen molar-refractivity contribution in [3.05, 3.63) is 58.9 Å². The lowest BCUT2D eigenvalue weighted by atomic mass is 10.1. The zero-order valence-corrected chi connectivity index (χ0v) is 20.9. The van der Waals surface area contributed by atoms with Crippen LogP contribution >= 0.6 is 11.3 Å². The quantitative estimate of drug-likeness (QED) is 0.360. The largest absolute Gasteiger partial charge is 0.491 e. The first-order chi connectivity index (χ1) is 17.7. The van der Waals surface area contributed by atoms with E-state index in [-0.39, 0.29) is 12.5 Å². The zero-order valence-electron chi connectivity index (χ0n) is 20.1. The van der Waals surface area contributed by atoms with Crippen LogP contribution in [0.4, 0.5) is 13.2 Å². The Morgan fingerprint density at radius 1 is 1.05 bits per heavy atom. The minimum absolute atomic E-state index is 0.189. The van der Waals surface area contributed by atoms with Crippen molar-refractivity contribution in [1.29, 1.82) is 0 Å². The van der Waals surface area contributed by atoms with Crippen LogP contribution < -0.4 is 4.74 Å². The number of alkyl halides is 3. The summed E-state index contributed by atoms with van der Waals surface area (Å²) in [6, 6.07) is 10.4. The van der Waals surface area contributed by atoms with Crippen molar-refractivity contribution < 1.29 is 27.5 Å². The van der Waals surface area contributed by atoms with E-state index in [1.54, 1.807) is 11.3 Å². The number of β-amino-alcohol motifs (C(OH)–C–C–N with tert-alkyl or cyclic N) is 1. The molecule has 37 heavy (non-hydrogen) atoms. The van der Waals surface area contributed by atoms with Gasteiger partial charge in [0, 0.05) is 44.4 Å². The van der Waals surface area contributed by atoms with Gasteiger partial charge in [-0.1, -0.05) is 5.16 Å². The number of thiazole rings is 1. The molecule has 0 aliphatic carbocycles. The molecule has 4 aromatic rings. The fourth-order valence-electron chi connectivity index (χ4n) is 4.22. The lowest BCUT2D eigenvalue weighted by Gasteiger charge is -2.34. The van der Waals surface area contributed by atoms with E-state index in [0.717, 1.165) is 53.5 Å². The van der Waals surface area contributed by atoms with Crippen LogP contribution in [0.3, 0.4) is 0 Å². The molecule has 8 nitrogen and oxygen atoms in total. The highest BCUT2D eigenvalue weighted by Gasteiger charge is 2.30. The molecule has 3 heterocycles. The molecule has 5 rings (SSSR count). The molecule has 1 aliphatic rings. The molecule has 1 atom stereocenters. The highest BCUT2D eigenvalue weighted by molar-refractivity contribution is 7.18. The van der Waals surface area contributed by atoms with Crippen molar-refractivity contribution in [2.45, 2.75) is 25.7 Å². The van der Waals surface area contributed by atoms with Gasteiger partial charge in [0.2, 0.25) is 0 Å². The zero-order chi connectivity index (χ0) is 26.0. The fraction of sp³-hybridized carbons (Fsp3) is 0.400. The highest BCUT2D eigenvalue weighted by atomic mass is 32.1. The number of halogens is 3. The van der Waals surface area contributed by atoms with Gasteiger partial charge in [0.05, 0.1) is 27.3 Å². The van der Waals surface area contributed by atoms with E-state index in [9.17, 15) is 18.3 Å². The third kappa shape index (κ3) is 6.45. The van der Waals surface area contributed by atoms with Gasteiger partial charge in [0.15, 0.2) is 5.82 Å². The van der Waals surface area contributed by atoms with Crippen LogP contribution in [0, 0.1) is 6.92 Å². The number of aliphatic hydroxyl groups excluding tert-OH is 1. The Labute approximate surface area is 215 Å². The highest BCUT2D eigenvalue weighted by Crippen LogP contribution is 2.30. The normalized spacial score (nSPS) is 16.4. The maximum absolute atomic E-state index is 12.8. The van der Waals surface area contributed by atoms with Gasteiger partial charge >= 0.3 is 6.18 Å². The monoisotopic (exact) mass is 533 g/mol. The molecule has 12 heteroatoms. The first kappa shape index (κ1) is 25.6. The van der Waals surface area contributed by atoms with Crippen LogP contribution in [0.5, 0.6) is 5.75 Å². The lowest BCUT2D eigenvalue weighted by molar-refractivity contribution is -0.137. The molecule has 196 valence electrons. The second-order valence-electron chi connectivity index (χ2n) is 8.99. The smallest absolute Gasteiger partial charge is 0.416 e. The van der Waals surface area contributed by atoms with Crippen LogP contribution in [-0.2, 0) is 12.7 Å². The third-order valence-electron chi connectivity index (χ3n) is 6.13.